The molecule has 0 amide bonds. The Balaban J connectivity index is 1.57. The number of unbranched alkanes of at least 4 members (excludes halogenated alkanes) is 1. The lowest BCUT2D eigenvalue weighted by molar-refractivity contribution is 0.210. The van der Waals surface area contributed by atoms with Gasteiger partial charge in [-0.25, -0.2) is 0 Å². The van der Waals surface area contributed by atoms with Crippen LogP contribution in [0.3, 0.4) is 0 Å². The van der Waals surface area contributed by atoms with Gasteiger partial charge in [0.25, 0.3) is 0 Å². The topological polar surface area (TPSA) is 31.9 Å². The Morgan fingerprint density at radius 3 is 2.67 bits per heavy atom. The fourth-order valence-corrected chi connectivity index (χ4v) is 4.46. The Labute approximate surface area is 162 Å². The summed E-state index contributed by atoms with van der Waals surface area (Å²) in [6, 6.07) is 11.3. The van der Waals surface area contributed by atoms with Crippen LogP contribution in [0.15, 0.2) is 36.5 Å². The first kappa shape index (κ1) is 18.2. The average molecular weight is 362 g/mol. The molecule has 27 heavy (non-hydrogen) atoms. The molecule has 0 radical (unpaired) electrons. The van der Waals surface area contributed by atoms with E-state index >= 15 is 0 Å². The fourth-order valence-electron chi connectivity index (χ4n) is 4.46. The van der Waals surface area contributed by atoms with Crippen molar-refractivity contribution in [2.45, 2.75) is 52.4 Å². The molecule has 1 fully saturated rings. The van der Waals surface area contributed by atoms with Gasteiger partial charge in [-0.3, -0.25) is 4.98 Å². The zero-order chi connectivity index (χ0) is 18.8. The third-order valence-corrected chi connectivity index (χ3v) is 6.15. The Morgan fingerprint density at radius 1 is 1.11 bits per heavy atom. The molecule has 3 aromatic rings. The molecule has 1 aromatic carbocycles. The van der Waals surface area contributed by atoms with Crippen molar-refractivity contribution in [2.24, 2.45) is 0 Å². The van der Waals surface area contributed by atoms with Gasteiger partial charge in [-0.2, -0.15) is 0 Å². The molecule has 0 unspecified atom stereocenters. The van der Waals surface area contributed by atoms with Crippen molar-refractivity contribution in [1.82, 2.24) is 14.9 Å². The molecule has 1 aliphatic rings. The van der Waals surface area contributed by atoms with Crippen molar-refractivity contribution in [3.63, 3.8) is 0 Å². The number of benzene rings is 1. The van der Waals surface area contributed by atoms with Gasteiger partial charge in [-0.1, -0.05) is 19.4 Å². The number of aromatic amines is 1. The maximum atomic E-state index is 4.33. The lowest BCUT2D eigenvalue weighted by Gasteiger charge is -2.32. The number of nitrogens with one attached hydrogen (secondary N) is 1. The van der Waals surface area contributed by atoms with Gasteiger partial charge >= 0.3 is 0 Å². The zero-order valence-electron chi connectivity index (χ0n) is 16.9. The molecule has 0 saturated carbocycles. The van der Waals surface area contributed by atoms with Crippen molar-refractivity contribution in [3.05, 3.63) is 53.3 Å². The second-order valence-electron chi connectivity index (χ2n) is 8.09. The first-order valence-electron chi connectivity index (χ1n) is 10.4. The Bertz CT molecular complexity index is 917. The summed E-state index contributed by atoms with van der Waals surface area (Å²) in [5.41, 5.74) is 7.60. The van der Waals surface area contributed by atoms with Crippen LogP contribution < -0.4 is 0 Å². The van der Waals surface area contributed by atoms with E-state index in [1.165, 1.54) is 78.6 Å². The van der Waals surface area contributed by atoms with E-state index in [1.54, 1.807) is 0 Å². The third-order valence-electron chi connectivity index (χ3n) is 6.15. The molecule has 1 saturated heterocycles. The summed E-state index contributed by atoms with van der Waals surface area (Å²) in [5, 5.41) is 1.37. The monoisotopic (exact) mass is 361 g/mol. The Hall–Kier alpha value is -2.13. The fraction of sp³-hybridized carbons (Fsp3) is 0.458. The summed E-state index contributed by atoms with van der Waals surface area (Å²) in [6.45, 7) is 10.3. The van der Waals surface area contributed by atoms with Gasteiger partial charge in [-0.15, -0.1) is 0 Å². The minimum Gasteiger partial charge on any atom is -0.354 e. The van der Waals surface area contributed by atoms with Crippen LogP contribution in [0.5, 0.6) is 0 Å². The lowest BCUT2D eigenvalue weighted by Crippen LogP contribution is -2.33. The molecule has 0 aliphatic carbocycles. The maximum Gasteiger partial charge on any atom is 0.0495 e. The summed E-state index contributed by atoms with van der Waals surface area (Å²) in [4.78, 5) is 10.6. The summed E-state index contributed by atoms with van der Waals surface area (Å²) in [5.74, 6) is 0.702. The van der Waals surface area contributed by atoms with E-state index in [4.69, 9.17) is 0 Å². The number of piperidine rings is 1. The van der Waals surface area contributed by atoms with Gasteiger partial charge in [0.2, 0.25) is 0 Å². The van der Waals surface area contributed by atoms with Crippen molar-refractivity contribution < 1.29 is 0 Å². The smallest absolute Gasteiger partial charge is 0.0495 e. The molecule has 3 heteroatoms. The van der Waals surface area contributed by atoms with Gasteiger partial charge in [-0.05, 0) is 94.1 Å². The third kappa shape index (κ3) is 3.79. The molecule has 0 spiro atoms. The molecule has 0 bridgehead atoms. The van der Waals surface area contributed by atoms with E-state index in [0.717, 1.165) is 5.69 Å². The number of likely N-dealkylation sites (tertiary alicyclic amines) is 1. The normalized spacial score (nSPS) is 16.3. The predicted molar refractivity (Wildman–Crippen MR) is 114 cm³/mol. The van der Waals surface area contributed by atoms with E-state index in [0.29, 0.717) is 5.92 Å². The summed E-state index contributed by atoms with van der Waals surface area (Å²) < 4.78 is 0. The largest absolute Gasteiger partial charge is 0.354 e. The minimum atomic E-state index is 0.702. The van der Waals surface area contributed by atoms with Crippen molar-refractivity contribution in [3.8, 4) is 11.3 Å². The molecule has 1 N–H and O–H groups in total. The van der Waals surface area contributed by atoms with Crippen LogP contribution >= 0.6 is 0 Å². The van der Waals surface area contributed by atoms with Crippen molar-refractivity contribution in [2.75, 3.05) is 19.6 Å². The molecule has 142 valence electrons. The molecule has 2 aromatic heterocycles. The van der Waals surface area contributed by atoms with Gasteiger partial charge in [0, 0.05) is 34.1 Å². The SMILES string of the molecule is CCCCN1CCC(c2ccc3[nH]c(-c4ccnc(C)c4)c(C)c3c2)CC1. The summed E-state index contributed by atoms with van der Waals surface area (Å²) in [7, 11) is 0. The zero-order valence-corrected chi connectivity index (χ0v) is 16.9. The highest BCUT2D eigenvalue weighted by atomic mass is 15.1. The predicted octanol–water partition coefficient (Wildman–Crippen LogP) is 5.83. The van der Waals surface area contributed by atoms with Gasteiger partial charge in [0.1, 0.15) is 0 Å². The minimum absolute atomic E-state index is 0.702. The average Bonchev–Trinajstić information content (AvgIpc) is 3.03. The van der Waals surface area contributed by atoms with E-state index < -0.39 is 0 Å². The van der Waals surface area contributed by atoms with Crippen molar-refractivity contribution in [1.29, 1.82) is 0 Å². The number of aromatic nitrogens is 2. The van der Waals surface area contributed by atoms with E-state index in [1.807, 2.05) is 13.1 Å². The first-order valence-corrected chi connectivity index (χ1v) is 10.4. The first-order chi connectivity index (χ1) is 13.2. The summed E-state index contributed by atoms with van der Waals surface area (Å²) in [6.07, 6.45) is 7.09. The standard InChI is InChI=1S/C24H31N3/c1-4-5-12-27-13-9-19(10-14-27)20-6-7-23-22(16-20)18(3)24(26-23)21-8-11-25-17(2)15-21/h6-8,11,15-16,19,26H,4-5,9-10,12-14H2,1-3H3. The van der Waals surface area contributed by atoms with Crippen LogP contribution in [0.1, 0.15) is 55.3 Å². The van der Waals surface area contributed by atoms with Crippen LogP contribution in [-0.2, 0) is 0 Å². The van der Waals surface area contributed by atoms with Crippen LogP contribution in [0.4, 0.5) is 0 Å². The second kappa shape index (κ2) is 7.85. The van der Waals surface area contributed by atoms with E-state index in [9.17, 15) is 0 Å². The number of hydrogen-bond acceptors (Lipinski definition) is 2. The second-order valence-corrected chi connectivity index (χ2v) is 8.09. The molecular weight excluding hydrogens is 330 g/mol. The Morgan fingerprint density at radius 2 is 1.93 bits per heavy atom. The number of hydrogen-bond donors (Lipinski definition) is 1. The highest BCUT2D eigenvalue weighted by Gasteiger charge is 2.21. The number of H-pyrrole nitrogens is 1. The highest BCUT2D eigenvalue weighted by molar-refractivity contribution is 5.91. The molecule has 0 atom stereocenters. The van der Waals surface area contributed by atoms with Crippen LogP contribution in [0, 0.1) is 13.8 Å². The number of pyridine rings is 1. The number of fused-ring (bicyclic) bond motifs is 1. The molecule has 1 aliphatic heterocycles. The maximum absolute atomic E-state index is 4.33. The number of nitrogens with zero attached hydrogens (tertiary/aromatic N) is 2. The highest BCUT2D eigenvalue weighted by Crippen LogP contribution is 2.34. The number of aryl methyl sites for hydroxylation is 2. The van der Waals surface area contributed by atoms with E-state index in [2.05, 4.69) is 59.0 Å². The summed E-state index contributed by atoms with van der Waals surface area (Å²) >= 11 is 0. The van der Waals surface area contributed by atoms with Gasteiger partial charge in [0.15, 0.2) is 0 Å². The van der Waals surface area contributed by atoms with Crippen LogP contribution in [-0.4, -0.2) is 34.5 Å². The Kier molecular flexibility index (Phi) is 5.31. The molecule has 3 heterocycles. The molecular formula is C24H31N3. The number of rotatable bonds is 5. The van der Waals surface area contributed by atoms with Gasteiger partial charge in [0.05, 0.1) is 0 Å². The lowest BCUT2D eigenvalue weighted by atomic mass is 9.88. The van der Waals surface area contributed by atoms with Crippen molar-refractivity contribution >= 4 is 10.9 Å². The van der Waals surface area contributed by atoms with Crippen LogP contribution in [0.25, 0.3) is 22.2 Å². The quantitative estimate of drug-likeness (QED) is 0.620. The van der Waals surface area contributed by atoms with Crippen LogP contribution in [0.2, 0.25) is 0 Å². The van der Waals surface area contributed by atoms with Gasteiger partial charge < -0.3 is 9.88 Å². The molecule has 4 rings (SSSR count). The van der Waals surface area contributed by atoms with E-state index in [-0.39, 0.29) is 0 Å². The molecule has 3 nitrogen and oxygen atoms in total.